The Balaban J connectivity index is 2.16. The van der Waals surface area contributed by atoms with Gasteiger partial charge >= 0.3 is 0 Å². The quantitative estimate of drug-likeness (QED) is 0.713. The molecule has 0 fully saturated rings. The van der Waals surface area contributed by atoms with E-state index in [1.807, 2.05) is 0 Å². The Morgan fingerprint density at radius 3 is 2.86 bits per heavy atom. The van der Waals surface area contributed by atoms with Crippen LogP contribution in [0.5, 0.6) is 11.5 Å². The van der Waals surface area contributed by atoms with Gasteiger partial charge in [-0.05, 0) is 42.7 Å². The summed E-state index contributed by atoms with van der Waals surface area (Å²) in [5.41, 5.74) is 1.41. The number of benzene rings is 2. The molecule has 0 unspecified atom stereocenters. The predicted molar refractivity (Wildman–Crippen MR) is 106 cm³/mol. The second kappa shape index (κ2) is 8.73. The molecule has 3 rings (SSSR count). The van der Waals surface area contributed by atoms with Crippen molar-refractivity contribution < 1.29 is 19.0 Å². The Morgan fingerprint density at radius 1 is 1.36 bits per heavy atom. The van der Waals surface area contributed by atoms with Gasteiger partial charge in [-0.2, -0.15) is 0 Å². The minimum Gasteiger partial charge on any atom is -0.507 e. The van der Waals surface area contributed by atoms with Crippen molar-refractivity contribution in [3.05, 3.63) is 47.3 Å². The van der Waals surface area contributed by atoms with Crippen molar-refractivity contribution in [3.63, 3.8) is 0 Å². The summed E-state index contributed by atoms with van der Waals surface area (Å²) >= 11 is 0. The van der Waals surface area contributed by atoms with Crippen molar-refractivity contribution in [2.24, 2.45) is 4.99 Å². The number of aliphatic imine (C=N–C) groups is 1. The van der Waals surface area contributed by atoms with E-state index in [2.05, 4.69) is 22.5 Å². The lowest BCUT2D eigenvalue weighted by molar-refractivity contribution is 0.0974. The lowest BCUT2D eigenvalue weighted by Crippen LogP contribution is -2.38. The standard InChI is InChI=1S/C21H24FN3O3/c1-3-4-5-13-6-9-17(26)19(20(27)25-21-23-10-11-24-21)18(13)15-12-14(28-2)7-8-16(15)22/h6-9,12,26H,3-5,10-11H2,1-2H3,(H2,23,24,25,27). The van der Waals surface area contributed by atoms with Crippen LogP contribution in [0.15, 0.2) is 35.3 Å². The Bertz CT molecular complexity index is 912. The number of phenols is 1. The SMILES string of the molecule is CCCCc1ccc(O)c(C(=O)NC2=NCCN2)c1-c1cc(OC)ccc1F. The summed E-state index contributed by atoms with van der Waals surface area (Å²) in [6, 6.07) is 7.57. The van der Waals surface area contributed by atoms with Crippen molar-refractivity contribution in [1.29, 1.82) is 0 Å². The van der Waals surface area contributed by atoms with Gasteiger partial charge in [0.2, 0.25) is 0 Å². The molecule has 1 heterocycles. The predicted octanol–water partition coefficient (Wildman–Crippen LogP) is 3.24. The number of aromatic hydroxyl groups is 1. The van der Waals surface area contributed by atoms with Crippen LogP contribution in [-0.4, -0.2) is 37.2 Å². The van der Waals surface area contributed by atoms with Crippen molar-refractivity contribution in [2.45, 2.75) is 26.2 Å². The average Bonchev–Trinajstić information content (AvgIpc) is 3.20. The number of carbonyl (C=O) groups excluding carboxylic acids is 1. The summed E-state index contributed by atoms with van der Waals surface area (Å²) in [6.45, 7) is 3.26. The molecule has 1 aliphatic rings. The highest BCUT2D eigenvalue weighted by atomic mass is 19.1. The Morgan fingerprint density at radius 2 is 2.18 bits per heavy atom. The number of unbranched alkanes of at least 4 members (excludes halogenated alkanes) is 1. The molecule has 7 heteroatoms. The van der Waals surface area contributed by atoms with Crippen molar-refractivity contribution in [2.75, 3.05) is 20.2 Å². The highest BCUT2D eigenvalue weighted by Gasteiger charge is 2.24. The fraction of sp³-hybridized carbons (Fsp3) is 0.333. The molecule has 0 saturated carbocycles. The average molecular weight is 385 g/mol. The number of phenolic OH excluding ortho intramolecular Hbond substituents is 1. The molecule has 0 aliphatic carbocycles. The Kier molecular flexibility index (Phi) is 6.13. The van der Waals surface area contributed by atoms with Crippen molar-refractivity contribution in [1.82, 2.24) is 10.6 Å². The number of nitrogens with one attached hydrogen (secondary N) is 2. The topological polar surface area (TPSA) is 83.0 Å². The summed E-state index contributed by atoms with van der Waals surface area (Å²) < 4.78 is 20.0. The molecule has 0 atom stereocenters. The van der Waals surface area contributed by atoms with E-state index in [1.54, 1.807) is 12.1 Å². The number of rotatable bonds is 6. The van der Waals surface area contributed by atoms with Crippen LogP contribution in [-0.2, 0) is 6.42 Å². The van der Waals surface area contributed by atoms with E-state index in [0.717, 1.165) is 18.4 Å². The lowest BCUT2D eigenvalue weighted by atomic mass is 9.90. The zero-order valence-electron chi connectivity index (χ0n) is 16.0. The molecule has 3 N–H and O–H groups in total. The lowest BCUT2D eigenvalue weighted by Gasteiger charge is -2.18. The van der Waals surface area contributed by atoms with E-state index in [-0.39, 0.29) is 16.9 Å². The molecule has 0 saturated heterocycles. The van der Waals surface area contributed by atoms with Crippen LogP contribution in [0.3, 0.4) is 0 Å². The minimum atomic E-state index is -0.541. The molecule has 1 aliphatic heterocycles. The first-order valence-electron chi connectivity index (χ1n) is 9.33. The van der Waals surface area contributed by atoms with Gasteiger partial charge in [0.15, 0.2) is 5.96 Å². The molecule has 2 aromatic rings. The summed E-state index contributed by atoms with van der Waals surface area (Å²) in [4.78, 5) is 17.1. The van der Waals surface area contributed by atoms with Gasteiger partial charge in [0, 0.05) is 17.7 Å². The first kappa shape index (κ1) is 19.7. The highest BCUT2D eigenvalue weighted by Crippen LogP contribution is 2.37. The largest absolute Gasteiger partial charge is 0.507 e. The fourth-order valence-electron chi connectivity index (χ4n) is 3.22. The summed E-state index contributed by atoms with van der Waals surface area (Å²) in [5, 5.41) is 16.1. The molecular weight excluding hydrogens is 361 g/mol. The van der Waals surface area contributed by atoms with Crippen molar-refractivity contribution >= 4 is 11.9 Å². The van der Waals surface area contributed by atoms with Gasteiger partial charge in [-0.15, -0.1) is 0 Å². The van der Waals surface area contributed by atoms with Gasteiger partial charge in [0.05, 0.1) is 19.2 Å². The maximum Gasteiger partial charge on any atom is 0.262 e. The molecule has 0 bridgehead atoms. The smallest absolute Gasteiger partial charge is 0.262 e. The van der Waals surface area contributed by atoms with E-state index in [9.17, 15) is 14.3 Å². The van der Waals surface area contributed by atoms with Gasteiger partial charge < -0.3 is 15.2 Å². The molecular formula is C21H24FN3O3. The number of amides is 1. The first-order chi connectivity index (χ1) is 13.5. The van der Waals surface area contributed by atoms with Gasteiger partial charge in [-0.25, -0.2) is 4.39 Å². The molecule has 1 amide bonds. The van der Waals surface area contributed by atoms with Crippen LogP contribution < -0.4 is 15.4 Å². The maximum absolute atomic E-state index is 14.8. The number of carbonyl (C=O) groups is 1. The van der Waals surface area contributed by atoms with Gasteiger partial charge in [-0.3, -0.25) is 15.1 Å². The van der Waals surface area contributed by atoms with E-state index < -0.39 is 11.7 Å². The highest BCUT2D eigenvalue weighted by molar-refractivity contribution is 6.11. The first-order valence-corrected chi connectivity index (χ1v) is 9.33. The van der Waals surface area contributed by atoms with E-state index in [1.165, 1.54) is 25.3 Å². The molecule has 148 valence electrons. The van der Waals surface area contributed by atoms with Crippen LogP contribution in [0.25, 0.3) is 11.1 Å². The van der Waals surface area contributed by atoms with Gasteiger partial charge in [0.1, 0.15) is 17.3 Å². The molecule has 0 aromatic heterocycles. The Labute approximate surface area is 163 Å². The second-order valence-electron chi connectivity index (χ2n) is 6.55. The molecule has 6 nitrogen and oxygen atoms in total. The number of guanidine groups is 1. The van der Waals surface area contributed by atoms with Gasteiger partial charge in [-0.1, -0.05) is 19.4 Å². The number of hydrogen-bond acceptors (Lipinski definition) is 5. The normalized spacial score (nSPS) is 13.0. The van der Waals surface area contributed by atoms with E-state index in [4.69, 9.17) is 4.74 Å². The van der Waals surface area contributed by atoms with Crippen LogP contribution in [0.4, 0.5) is 4.39 Å². The fourth-order valence-corrected chi connectivity index (χ4v) is 3.22. The van der Waals surface area contributed by atoms with Crippen LogP contribution in [0.2, 0.25) is 0 Å². The Hall–Kier alpha value is -3.09. The van der Waals surface area contributed by atoms with Crippen LogP contribution in [0.1, 0.15) is 35.7 Å². The molecule has 0 spiro atoms. The van der Waals surface area contributed by atoms with Crippen molar-refractivity contribution in [3.8, 4) is 22.6 Å². The number of methoxy groups -OCH3 is 1. The number of ether oxygens (including phenoxy) is 1. The van der Waals surface area contributed by atoms with E-state index >= 15 is 0 Å². The summed E-state index contributed by atoms with van der Waals surface area (Å²) in [7, 11) is 1.50. The third kappa shape index (κ3) is 4.08. The van der Waals surface area contributed by atoms with Crippen LogP contribution >= 0.6 is 0 Å². The third-order valence-electron chi connectivity index (χ3n) is 4.65. The van der Waals surface area contributed by atoms with E-state index in [0.29, 0.717) is 36.8 Å². The zero-order valence-corrected chi connectivity index (χ0v) is 16.0. The zero-order chi connectivity index (χ0) is 20.1. The summed E-state index contributed by atoms with van der Waals surface area (Å²) in [5.74, 6) is -0.431. The maximum atomic E-state index is 14.8. The number of halogens is 1. The monoisotopic (exact) mass is 385 g/mol. The molecule has 28 heavy (non-hydrogen) atoms. The van der Waals surface area contributed by atoms with Crippen LogP contribution in [0, 0.1) is 5.82 Å². The number of aryl methyl sites for hydroxylation is 1. The van der Waals surface area contributed by atoms with Gasteiger partial charge in [0.25, 0.3) is 5.91 Å². The third-order valence-corrected chi connectivity index (χ3v) is 4.65. The number of hydrogen-bond donors (Lipinski definition) is 3. The number of nitrogens with zero attached hydrogens (tertiary/aromatic N) is 1. The molecule has 2 aromatic carbocycles. The minimum absolute atomic E-state index is 0.0251. The summed E-state index contributed by atoms with van der Waals surface area (Å²) in [6.07, 6.45) is 2.48. The molecule has 0 radical (unpaired) electrons. The second-order valence-corrected chi connectivity index (χ2v) is 6.55.